The number of benzene rings is 2. The van der Waals surface area contributed by atoms with Crippen molar-refractivity contribution in [3.05, 3.63) is 58.6 Å². The van der Waals surface area contributed by atoms with Crippen molar-refractivity contribution in [2.24, 2.45) is 0 Å². The fraction of sp³-hybridized carbons (Fsp3) is 0.318. The van der Waals surface area contributed by atoms with E-state index in [9.17, 15) is 14.4 Å². The molecule has 2 N–H and O–H groups in total. The van der Waals surface area contributed by atoms with Gasteiger partial charge >= 0.3 is 6.03 Å². The molecule has 31 heavy (non-hydrogen) atoms. The van der Waals surface area contributed by atoms with E-state index in [0.717, 1.165) is 16.0 Å². The van der Waals surface area contributed by atoms with Gasteiger partial charge in [0.15, 0.2) is 11.5 Å². The Balaban J connectivity index is 1.23. The second-order valence-corrected chi connectivity index (χ2v) is 7.82. The van der Waals surface area contributed by atoms with Crippen LogP contribution in [0.3, 0.4) is 0 Å². The van der Waals surface area contributed by atoms with Crippen LogP contribution in [0.2, 0.25) is 5.02 Å². The lowest BCUT2D eigenvalue weighted by Crippen LogP contribution is -2.33. The molecule has 9 heteroatoms. The number of carbonyl (C=O) groups is 3. The van der Waals surface area contributed by atoms with Crippen LogP contribution in [0.1, 0.15) is 24.0 Å². The first kappa shape index (κ1) is 21.0. The Hall–Kier alpha value is -3.26. The minimum Gasteiger partial charge on any atom is -0.454 e. The molecular weight excluding hydrogens is 422 g/mol. The number of nitrogens with zero attached hydrogens (tertiary/aromatic N) is 1. The van der Waals surface area contributed by atoms with Crippen molar-refractivity contribution in [3.8, 4) is 11.5 Å². The number of halogens is 1. The van der Waals surface area contributed by atoms with E-state index in [-0.39, 0.29) is 38.0 Å². The molecule has 0 aromatic heterocycles. The Kier molecular flexibility index (Phi) is 6.27. The van der Waals surface area contributed by atoms with Crippen LogP contribution in [0.15, 0.2) is 42.5 Å². The molecule has 0 radical (unpaired) electrons. The Bertz CT molecular complexity index is 995. The predicted octanol–water partition coefficient (Wildman–Crippen LogP) is 2.63. The minimum absolute atomic E-state index is 0.130. The molecule has 2 aliphatic heterocycles. The SMILES string of the molecule is O=C(CC[C@@H]1NC(=O)N(Cc2ccc3c(c2)OCO3)C1=O)NCCc1ccc(Cl)cc1. The number of nitrogens with one attached hydrogen (secondary N) is 2. The first-order chi connectivity index (χ1) is 15.0. The number of carbonyl (C=O) groups excluding carboxylic acids is 3. The van der Waals surface area contributed by atoms with E-state index in [0.29, 0.717) is 29.5 Å². The number of hydrogen-bond donors (Lipinski definition) is 2. The molecule has 162 valence electrons. The quantitative estimate of drug-likeness (QED) is 0.611. The van der Waals surface area contributed by atoms with Crippen molar-refractivity contribution in [2.75, 3.05) is 13.3 Å². The number of ether oxygens (including phenoxy) is 2. The molecular formula is C22H22ClN3O5. The lowest BCUT2D eigenvalue weighted by molar-refractivity contribution is -0.128. The average Bonchev–Trinajstić information content (AvgIpc) is 3.33. The highest BCUT2D eigenvalue weighted by Crippen LogP contribution is 2.33. The number of rotatable bonds is 8. The van der Waals surface area contributed by atoms with Crippen LogP contribution >= 0.6 is 11.6 Å². The highest BCUT2D eigenvalue weighted by Gasteiger charge is 2.38. The van der Waals surface area contributed by atoms with Crippen LogP contribution < -0.4 is 20.1 Å². The van der Waals surface area contributed by atoms with Crippen molar-refractivity contribution in [3.63, 3.8) is 0 Å². The molecule has 0 saturated carbocycles. The van der Waals surface area contributed by atoms with Gasteiger partial charge in [0.25, 0.3) is 5.91 Å². The van der Waals surface area contributed by atoms with Gasteiger partial charge in [0.1, 0.15) is 6.04 Å². The normalized spacial score (nSPS) is 17.1. The van der Waals surface area contributed by atoms with E-state index in [1.54, 1.807) is 18.2 Å². The molecule has 0 spiro atoms. The predicted molar refractivity (Wildman–Crippen MR) is 113 cm³/mol. The van der Waals surface area contributed by atoms with Crippen LogP contribution in [0, 0.1) is 0 Å². The number of amides is 4. The van der Waals surface area contributed by atoms with Crippen molar-refractivity contribution in [1.29, 1.82) is 0 Å². The Labute approximate surface area is 184 Å². The number of urea groups is 1. The zero-order valence-corrected chi connectivity index (χ0v) is 17.5. The van der Waals surface area contributed by atoms with Gasteiger partial charge in [-0.2, -0.15) is 0 Å². The lowest BCUT2D eigenvalue weighted by atomic mass is 10.1. The van der Waals surface area contributed by atoms with E-state index >= 15 is 0 Å². The topological polar surface area (TPSA) is 97.0 Å². The summed E-state index contributed by atoms with van der Waals surface area (Å²) in [6, 6.07) is 11.6. The zero-order chi connectivity index (χ0) is 21.8. The highest BCUT2D eigenvalue weighted by atomic mass is 35.5. The Morgan fingerprint density at radius 1 is 1.10 bits per heavy atom. The molecule has 2 heterocycles. The van der Waals surface area contributed by atoms with E-state index in [1.165, 1.54) is 0 Å². The molecule has 2 aromatic carbocycles. The van der Waals surface area contributed by atoms with Gasteiger partial charge in [0.2, 0.25) is 12.7 Å². The summed E-state index contributed by atoms with van der Waals surface area (Å²) < 4.78 is 10.6. The van der Waals surface area contributed by atoms with Gasteiger partial charge in [0.05, 0.1) is 6.54 Å². The Morgan fingerprint density at radius 2 is 1.84 bits per heavy atom. The second kappa shape index (κ2) is 9.26. The third-order valence-electron chi connectivity index (χ3n) is 5.19. The van der Waals surface area contributed by atoms with E-state index in [2.05, 4.69) is 10.6 Å². The summed E-state index contributed by atoms with van der Waals surface area (Å²) in [5.41, 5.74) is 1.83. The van der Waals surface area contributed by atoms with Crippen LogP contribution in [-0.4, -0.2) is 42.1 Å². The van der Waals surface area contributed by atoms with Crippen LogP contribution in [0.5, 0.6) is 11.5 Å². The third-order valence-corrected chi connectivity index (χ3v) is 5.45. The molecule has 2 aliphatic rings. The second-order valence-electron chi connectivity index (χ2n) is 7.38. The summed E-state index contributed by atoms with van der Waals surface area (Å²) in [5.74, 6) is 0.735. The molecule has 0 aliphatic carbocycles. The van der Waals surface area contributed by atoms with Gasteiger partial charge in [-0.25, -0.2) is 4.79 Å². The van der Waals surface area contributed by atoms with Crippen LogP contribution in [0.25, 0.3) is 0 Å². The third kappa shape index (κ3) is 5.08. The van der Waals surface area contributed by atoms with Gasteiger partial charge in [-0.3, -0.25) is 14.5 Å². The molecule has 1 fully saturated rings. The fourth-order valence-corrected chi connectivity index (χ4v) is 3.63. The largest absolute Gasteiger partial charge is 0.454 e. The highest BCUT2D eigenvalue weighted by molar-refractivity contribution is 6.30. The Morgan fingerprint density at radius 3 is 2.65 bits per heavy atom. The van der Waals surface area contributed by atoms with Crippen molar-refractivity contribution < 1.29 is 23.9 Å². The molecule has 4 rings (SSSR count). The maximum atomic E-state index is 12.6. The summed E-state index contributed by atoms with van der Waals surface area (Å²) in [5, 5.41) is 6.16. The van der Waals surface area contributed by atoms with E-state index in [4.69, 9.17) is 21.1 Å². The number of hydrogen-bond acceptors (Lipinski definition) is 5. The standard InChI is InChI=1S/C22H22ClN3O5/c23-16-4-1-14(2-5-16)9-10-24-20(27)8-6-17-21(28)26(22(29)25-17)12-15-3-7-18-19(11-15)31-13-30-18/h1-5,7,11,17H,6,8-10,12-13H2,(H,24,27)(H,25,29)/t17-/m0/s1. The maximum absolute atomic E-state index is 12.6. The molecule has 0 unspecified atom stereocenters. The van der Waals surface area contributed by atoms with Crippen molar-refractivity contribution in [2.45, 2.75) is 31.8 Å². The summed E-state index contributed by atoms with van der Waals surface area (Å²) in [4.78, 5) is 38.2. The number of fused-ring (bicyclic) bond motifs is 1. The monoisotopic (exact) mass is 443 g/mol. The van der Waals surface area contributed by atoms with E-state index in [1.807, 2.05) is 24.3 Å². The minimum atomic E-state index is -0.705. The van der Waals surface area contributed by atoms with Gasteiger partial charge in [-0.05, 0) is 48.2 Å². The number of imide groups is 1. The maximum Gasteiger partial charge on any atom is 0.325 e. The molecule has 8 nitrogen and oxygen atoms in total. The first-order valence-electron chi connectivity index (χ1n) is 10.0. The van der Waals surface area contributed by atoms with Crippen molar-refractivity contribution in [1.82, 2.24) is 15.5 Å². The molecule has 1 atom stereocenters. The summed E-state index contributed by atoms with van der Waals surface area (Å²) in [7, 11) is 0. The summed E-state index contributed by atoms with van der Waals surface area (Å²) in [6.07, 6.45) is 1.08. The molecule has 0 bridgehead atoms. The van der Waals surface area contributed by atoms with Crippen molar-refractivity contribution >= 4 is 29.4 Å². The van der Waals surface area contributed by atoms with Crippen LogP contribution in [0.4, 0.5) is 4.79 Å². The molecule has 2 aromatic rings. The van der Waals surface area contributed by atoms with Gasteiger partial charge in [-0.15, -0.1) is 0 Å². The van der Waals surface area contributed by atoms with Crippen LogP contribution in [-0.2, 0) is 22.6 Å². The first-order valence-corrected chi connectivity index (χ1v) is 10.4. The zero-order valence-electron chi connectivity index (χ0n) is 16.7. The summed E-state index contributed by atoms with van der Waals surface area (Å²) >= 11 is 5.86. The summed E-state index contributed by atoms with van der Waals surface area (Å²) in [6.45, 7) is 0.776. The average molecular weight is 444 g/mol. The smallest absolute Gasteiger partial charge is 0.325 e. The molecule has 1 saturated heterocycles. The van der Waals surface area contributed by atoms with Gasteiger partial charge in [0, 0.05) is 18.0 Å². The lowest BCUT2D eigenvalue weighted by Gasteiger charge is -2.13. The fourth-order valence-electron chi connectivity index (χ4n) is 3.51. The van der Waals surface area contributed by atoms with E-state index < -0.39 is 12.1 Å². The van der Waals surface area contributed by atoms with Gasteiger partial charge in [-0.1, -0.05) is 29.8 Å². The van der Waals surface area contributed by atoms with Gasteiger partial charge < -0.3 is 20.1 Å². The molecule has 4 amide bonds.